The summed E-state index contributed by atoms with van der Waals surface area (Å²) in [4.78, 5) is 26.5. The third-order valence-electron chi connectivity index (χ3n) is 5.50. The summed E-state index contributed by atoms with van der Waals surface area (Å²) in [5, 5.41) is 0. The molecule has 1 aromatic rings. The zero-order chi connectivity index (χ0) is 22.5. The van der Waals surface area contributed by atoms with Crippen LogP contribution in [0.2, 0.25) is 0 Å². The summed E-state index contributed by atoms with van der Waals surface area (Å²) in [6, 6.07) is 3.19. The van der Waals surface area contributed by atoms with E-state index in [0.717, 1.165) is 48.2 Å². The van der Waals surface area contributed by atoms with Crippen LogP contribution in [0.5, 0.6) is 0 Å². The number of sulfonamides is 1. The van der Waals surface area contributed by atoms with Crippen molar-refractivity contribution < 1.29 is 27.1 Å². The average molecular weight is 443 g/mol. The second kappa shape index (κ2) is 10.3. The van der Waals surface area contributed by atoms with Crippen LogP contribution < -0.4 is 0 Å². The lowest BCUT2D eigenvalue weighted by Crippen LogP contribution is -2.48. The number of benzene rings is 1. The average Bonchev–Trinajstić information content (AvgIpc) is 2.73. The van der Waals surface area contributed by atoms with E-state index in [1.165, 1.54) is 6.92 Å². The van der Waals surface area contributed by atoms with Crippen LogP contribution in [0, 0.1) is 5.82 Å². The highest BCUT2D eigenvalue weighted by molar-refractivity contribution is 7.89. The summed E-state index contributed by atoms with van der Waals surface area (Å²) in [6.07, 6.45) is 2.71. The fourth-order valence-electron chi connectivity index (χ4n) is 3.76. The van der Waals surface area contributed by atoms with Crippen LogP contribution in [0.15, 0.2) is 23.1 Å². The first kappa shape index (κ1) is 24.3. The van der Waals surface area contributed by atoms with Crippen LogP contribution in [0.1, 0.15) is 63.7 Å². The van der Waals surface area contributed by atoms with Crippen molar-refractivity contribution in [2.45, 2.75) is 70.4 Å². The van der Waals surface area contributed by atoms with Gasteiger partial charge < -0.3 is 9.64 Å². The molecule has 168 valence electrons. The smallest absolute Gasteiger partial charge is 0.338 e. The fraction of sp³-hybridized carbons (Fsp3) is 0.619. The van der Waals surface area contributed by atoms with E-state index in [1.54, 1.807) is 18.7 Å². The Morgan fingerprint density at radius 2 is 1.90 bits per heavy atom. The highest BCUT2D eigenvalue weighted by Crippen LogP contribution is 2.23. The molecule has 0 radical (unpaired) electrons. The molecule has 7 nitrogen and oxygen atoms in total. The molecule has 9 heteroatoms. The largest absolute Gasteiger partial charge is 0.449 e. The number of rotatable bonds is 8. The molecule has 0 bridgehead atoms. The molecule has 0 aromatic heterocycles. The number of halogens is 1. The van der Waals surface area contributed by atoms with Crippen LogP contribution in [0.4, 0.5) is 4.39 Å². The minimum absolute atomic E-state index is 0.118. The predicted molar refractivity (Wildman–Crippen MR) is 111 cm³/mol. The van der Waals surface area contributed by atoms with Crippen LogP contribution in [-0.4, -0.2) is 61.3 Å². The summed E-state index contributed by atoms with van der Waals surface area (Å²) in [6.45, 7) is 7.78. The first-order chi connectivity index (χ1) is 14.2. The number of amides is 1. The number of carbonyl (C=O) groups excluding carboxylic acids is 2. The quantitative estimate of drug-likeness (QED) is 0.578. The first-order valence-electron chi connectivity index (χ1n) is 10.5. The lowest BCUT2D eigenvalue weighted by molar-refractivity contribution is -0.143. The molecule has 0 N–H and O–H groups in total. The summed E-state index contributed by atoms with van der Waals surface area (Å²) >= 11 is 0. The van der Waals surface area contributed by atoms with Gasteiger partial charge in [-0.2, -0.15) is 4.31 Å². The normalized spacial score (nSPS) is 18.3. The van der Waals surface area contributed by atoms with Gasteiger partial charge in [0, 0.05) is 25.7 Å². The maximum atomic E-state index is 14.3. The van der Waals surface area contributed by atoms with Crippen molar-refractivity contribution >= 4 is 21.9 Å². The molecule has 1 aromatic carbocycles. The van der Waals surface area contributed by atoms with Gasteiger partial charge in [-0.15, -0.1) is 0 Å². The van der Waals surface area contributed by atoms with Crippen LogP contribution in [0.25, 0.3) is 0 Å². The van der Waals surface area contributed by atoms with Gasteiger partial charge in [0.05, 0.1) is 5.56 Å². The van der Waals surface area contributed by atoms with Gasteiger partial charge in [0.15, 0.2) is 6.10 Å². The molecule has 1 fully saturated rings. The highest BCUT2D eigenvalue weighted by Gasteiger charge is 2.31. The number of likely N-dealkylation sites (tertiary alicyclic amines) is 1. The molecular weight excluding hydrogens is 411 g/mol. The van der Waals surface area contributed by atoms with Gasteiger partial charge in [0.25, 0.3) is 5.91 Å². The number of nitrogens with zero attached hydrogens (tertiary/aromatic N) is 2. The lowest BCUT2D eigenvalue weighted by atomic mass is 9.99. The van der Waals surface area contributed by atoms with Crippen molar-refractivity contribution in [1.82, 2.24) is 9.21 Å². The van der Waals surface area contributed by atoms with Crippen molar-refractivity contribution in [1.29, 1.82) is 0 Å². The maximum absolute atomic E-state index is 14.3. The molecule has 0 aliphatic carbocycles. The summed E-state index contributed by atoms with van der Waals surface area (Å²) in [5.74, 6) is -2.08. The van der Waals surface area contributed by atoms with Crippen molar-refractivity contribution in [2.24, 2.45) is 0 Å². The molecule has 1 aliphatic rings. The van der Waals surface area contributed by atoms with Gasteiger partial charge in [0.2, 0.25) is 10.0 Å². The van der Waals surface area contributed by atoms with E-state index in [1.807, 2.05) is 6.92 Å². The third-order valence-corrected chi connectivity index (χ3v) is 7.57. The van der Waals surface area contributed by atoms with Crippen LogP contribution in [-0.2, 0) is 19.6 Å². The summed E-state index contributed by atoms with van der Waals surface area (Å²) in [7, 11) is -4.09. The molecular formula is C21H31FN2O5S. The van der Waals surface area contributed by atoms with Gasteiger partial charge in [0.1, 0.15) is 10.7 Å². The Hall–Kier alpha value is -2.00. The SMILES string of the molecule is CCC1CCCCN1C(=O)C(C)OC(=O)c1ccc(F)c(S(=O)(=O)N(CC)CC)c1. The molecule has 1 aliphatic heterocycles. The zero-order valence-electron chi connectivity index (χ0n) is 18.1. The van der Waals surface area contributed by atoms with Crippen molar-refractivity contribution in [3.8, 4) is 0 Å². The molecule has 2 rings (SSSR count). The van der Waals surface area contributed by atoms with Gasteiger partial charge in [-0.25, -0.2) is 17.6 Å². The van der Waals surface area contributed by atoms with E-state index in [9.17, 15) is 22.4 Å². The van der Waals surface area contributed by atoms with Gasteiger partial charge in [-0.3, -0.25) is 4.79 Å². The minimum atomic E-state index is -4.09. The van der Waals surface area contributed by atoms with E-state index in [0.29, 0.717) is 6.54 Å². The first-order valence-corrected chi connectivity index (χ1v) is 11.9. The fourth-order valence-corrected chi connectivity index (χ4v) is 5.31. The molecule has 0 saturated carbocycles. The minimum Gasteiger partial charge on any atom is -0.449 e. The predicted octanol–water partition coefficient (Wildman–Crippen LogP) is 3.19. The van der Waals surface area contributed by atoms with Crippen molar-refractivity contribution in [3.05, 3.63) is 29.6 Å². The molecule has 2 atom stereocenters. The molecule has 1 heterocycles. The summed E-state index contributed by atoms with van der Waals surface area (Å²) in [5.41, 5.74) is -0.118. The molecule has 1 amide bonds. The number of hydrogen-bond donors (Lipinski definition) is 0. The van der Waals surface area contributed by atoms with Gasteiger partial charge >= 0.3 is 5.97 Å². The Balaban J connectivity index is 2.20. The van der Waals surface area contributed by atoms with E-state index in [4.69, 9.17) is 4.74 Å². The Morgan fingerprint density at radius 3 is 2.50 bits per heavy atom. The van der Waals surface area contributed by atoms with E-state index in [-0.39, 0.29) is 30.6 Å². The molecule has 2 unspecified atom stereocenters. The maximum Gasteiger partial charge on any atom is 0.338 e. The Bertz CT molecular complexity index is 870. The lowest BCUT2D eigenvalue weighted by Gasteiger charge is -2.36. The van der Waals surface area contributed by atoms with E-state index >= 15 is 0 Å². The number of carbonyl (C=O) groups is 2. The number of hydrogen-bond acceptors (Lipinski definition) is 5. The Kier molecular flexibility index (Phi) is 8.37. The van der Waals surface area contributed by atoms with E-state index < -0.39 is 32.8 Å². The second-order valence-corrected chi connectivity index (χ2v) is 9.28. The Morgan fingerprint density at radius 1 is 1.23 bits per heavy atom. The van der Waals surface area contributed by atoms with Gasteiger partial charge in [-0.05, 0) is 50.8 Å². The van der Waals surface area contributed by atoms with Gasteiger partial charge in [-0.1, -0.05) is 20.8 Å². The topological polar surface area (TPSA) is 84.0 Å². The third kappa shape index (κ3) is 5.18. The monoisotopic (exact) mass is 442 g/mol. The summed E-state index contributed by atoms with van der Waals surface area (Å²) < 4.78 is 46.0. The van der Waals surface area contributed by atoms with Crippen molar-refractivity contribution in [3.63, 3.8) is 0 Å². The van der Waals surface area contributed by atoms with E-state index in [2.05, 4.69) is 0 Å². The highest BCUT2D eigenvalue weighted by atomic mass is 32.2. The molecule has 1 saturated heterocycles. The Labute approximate surface area is 178 Å². The molecule has 0 spiro atoms. The van der Waals surface area contributed by atoms with Crippen molar-refractivity contribution in [2.75, 3.05) is 19.6 Å². The number of piperidine rings is 1. The zero-order valence-corrected chi connectivity index (χ0v) is 18.9. The second-order valence-electron chi connectivity index (χ2n) is 7.37. The molecule has 30 heavy (non-hydrogen) atoms. The van der Waals surface area contributed by atoms with Crippen LogP contribution in [0.3, 0.4) is 0 Å². The number of esters is 1. The standard InChI is InChI=1S/C21H31FN2O5S/c1-5-17-10-8-9-13-24(17)20(25)15(4)29-21(26)16-11-12-18(22)19(14-16)30(27,28)23(6-2)7-3/h11-12,14-15,17H,5-10,13H2,1-4H3. The van der Waals surface area contributed by atoms with Crippen LogP contribution >= 0.6 is 0 Å². The number of ether oxygens (including phenoxy) is 1.